The van der Waals surface area contributed by atoms with E-state index >= 15 is 0 Å². The van der Waals surface area contributed by atoms with Gasteiger partial charge in [-0.2, -0.15) is 0 Å². The van der Waals surface area contributed by atoms with Crippen LogP contribution < -0.4 is 10.1 Å². The Morgan fingerprint density at radius 3 is 2.91 bits per heavy atom. The SMILES string of the molecule is CC/C=C1\C=CC(F)=CN1C(=NC)c1ccc2cccc(OC3CCNCCC3F)c2n1. The molecule has 1 fully saturated rings. The molecule has 2 aliphatic heterocycles. The van der Waals surface area contributed by atoms with Gasteiger partial charge in [-0.05, 0) is 56.6 Å². The lowest BCUT2D eigenvalue weighted by molar-refractivity contribution is 0.0983. The van der Waals surface area contributed by atoms with Crippen LogP contribution in [0.25, 0.3) is 10.9 Å². The van der Waals surface area contributed by atoms with Crippen molar-refractivity contribution in [3.8, 4) is 5.75 Å². The molecule has 2 atom stereocenters. The Balaban J connectivity index is 1.71. The number of alkyl halides is 1. The number of amidine groups is 1. The zero-order valence-corrected chi connectivity index (χ0v) is 18.4. The van der Waals surface area contributed by atoms with Gasteiger partial charge in [-0.15, -0.1) is 0 Å². The smallest absolute Gasteiger partial charge is 0.158 e. The van der Waals surface area contributed by atoms with Crippen molar-refractivity contribution < 1.29 is 13.5 Å². The van der Waals surface area contributed by atoms with Crippen LogP contribution in [0.2, 0.25) is 0 Å². The number of halogens is 2. The molecule has 1 aromatic heterocycles. The lowest BCUT2D eigenvalue weighted by atomic mass is 10.1. The summed E-state index contributed by atoms with van der Waals surface area (Å²) >= 11 is 0. The number of nitrogens with zero attached hydrogens (tertiary/aromatic N) is 3. The molecule has 5 nitrogen and oxygen atoms in total. The normalized spacial score (nSPS) is 23.4. The minimum atomic E-state index is -1.04. The number of nitrogens with one attached hydrogen (secondary N) is 1. The van der Waals surface area contributed by atoms with E-state index in [2.05, 4.69) is 10.3 Å². The van der Waals surface area contributed by atoms with Gasteiger partial charge in [-0.25, -0.2) is 13.8 Å². The fraction of sp³-hybridized carbons (Fsp3) is 0.360. The highest BCUT2D eigenvalue weighted by atomic mass is 19.1. The Morgan fingerprint density at radius 2 is 2.09 bits per heavy atom. The molecule has 2 unspecified atom stereocenters. The molecule has 0 bridgehead atoms. The van der Waals surface area contributed by atoms with Crippen molar-refractivity contribution in [3.05, 3.63) is 72.0 Å². The molecule has 4 rings (SSSR count). The summed E-state index contributed by atoms with van der Waals surface area (Å²) in [6.45, 7) is 3.39. The third-order valence-electron chi connectivity index (χ3n) is 5.59. The monoisotopic (exact) mass is 438 g/mol. The number of hydrogen-bond acceptors (Lipinski definition) is 4. The molecule has 0 spiro atoms. The molecule has 1 N–H and O–H groups in total. The second-order valence-corrected chi connectivity index (χ2v) is 7.83. The Hall–Kier alpha value is -3.06. The highest BCUT2D eigenvalue weighted by Crippen LogP contribution is 2.29. The molecule has 32 heavy (non-hydrogen) atoms. The number of aliphatic imine (C=N–C) groups is 1. The van der Waals surface area contributed by atoms with E-state index in [-0.39, 0.29) is 5.83 Å². The van der Waals surface area contributed by atoms with Gasteiger partial charge in [0.05, 0.1) is 0 Å². The number of hydrogen-bond donors (Lipinski definition) is 1. The Labute approximate surface area is 187 Å². The minimum absolute atomic E-state index is 0.361. The molecule has 1 saturated heterocycles. The van der Waals surface area contributed by atoms with Gasteiger partial charge in [0.1, 0.15) is 35.1 Å². The van der Waals surface area contributed by atoms with Crippen LogP contribution in [0.5, 0.6) is 5.75 Å². The first kappa shape index (κ1) is 22.1. The lowest BCUT2D eigenvalue weighted by Gasteiger charge is -2.25. The highest BCUT2D eigenvalue weighted by molar-refractivity contribution is 6.01. The average molecular weight is 439 g/mol. The standard InChI is InChI=1S/C25H28F2N4O/c1-3-5-19-10-9-18(26)16-31(19)25(28-2)21-11-8-17-6-4-7-23(24(17)30-21)32-22-13-15-29-14-12-20(22)27/h4-11,16,20,22,29H,3,12-15H2,1-2H3/b19-5+,28-25?. The van der Waals surface area contributed by atoms with Gasteiger partial charge in [0.15, 0.2) is 5.84 Å². The molecule has 2 aliphatic rings. The van der Waals surface area contributed by atoms with E-state index in [1.165, 1.54) is 12.3 Å². The number of rotatable bonds is 4. The predicted molar refractivity (Wildman–Crippen MR) is 124 cm³/mol. The molecular formula is C25H28F2N4O. The number of ether oxygens (including phenoxy) is 1. The molecule has 168 valence electrons. The van der Waals surface area contributed by atoms with Crippen LogP contribution in [0.4, 0.5) is 8.78 Å². The van der Waals surface area contributed by atoms with E-state index in [1.807, 2.05) is 43.3 Å². The fourth-order valence-electron chi connectivity index (χ4n) is 4.00. The number of allylic oxidation sites excluding steroid dienone is 4. The van der Waals surface area contributed by atoms with Gasteiger partial charge >= 0.3 is 0 Å². The summed E-state index contributed by atoms with van der Waals surface area (Å²) < 4.78 is 34.8. The molecular weight excluding hydrogens is 410 g/mol. The van der Waals surface area contributed by atoms with Crippen LogP contribution in [0.3, 0.4) is 0 Å². The highest BCUT2D eigenvalue weighted by Gasteiger charge is 2.26. The van der Waals surface area contributed by atoms with Crippen molar-refractivity contribution >= 4 is 16.7 Å². The first-order valence-corrected chi connectivity index (χ1v) is 11.0. The number of benzene rings is 1. The quantitative estimate of drug-likeness (QED) is 0.536. The van der Waals surface area contributed by atoms with E-state index < -0.39 is 12.3 Å². The van der Waals surface area contributed by atoms with Crippen molar-refractivity contribution in [1.29, 1.82) is 0 Å². The Morgan fingerprint density at radius 1 is 1.25 bits per heavy atom. The summed E-state index contributed by atoms with van der Waals surface area (Å²) in [6, 6.07) is 9.43. The van der Waals surface area contributed by atoms with Crippen LogP contribution in [0.15, 0.2) is 71.3 Å². The van der Waals surface area contributed by atoms with Crippen molar-refractivity contribution in [2.24, 2.45) is 4.99 Å². The minimum Gasteiger partial charge on any atom is -0.485 e. The molecule has 0 aliphatic carbocycles. The van der Waals surface area contributed by atoms with Crippen LogP contribution >= 0.6 is 0 Å². The third kappa shape index (κ3) is 4.72. The first-order valence-electron chi connectivity index (χ1n) is 11.0. The predicted octanol–water partition coefficient (Wildman–Crippen LogP) is 5.06. The Bertz CT molecular complexity index is 1090. The van der Waals surface area contributed by atoms with Gasteiger partial charge in [0.25, 0.3) is 0 Å². The van der Waals surface area contributed by atoms with Crippen molar-refractivity contribution in [2.75, 3.05) is 20.1 Å². The van der Waals surface area contributed by atoms with Crippen LogP contribution in [-0.4, -0.2) is 48.1 Å². The summed E-state index contributed by atoms with van der Waals surface area (Å²) in [7, 11) is 1.66. The number of pyridine rings is 1. The topological polar surface area (TPSA) is 49.8 Å². The van der Waals surface area contributed by atoms with Crippen molar-refractivity contribution in [2.45, 2.75) is 38.5 Å². The van der Waals surface area contributed by atoms with Gasteiger partial charge in [0, 0.05) is 24.3 Å². The van der Waals surface area contributed by atoms with E-state index in [1.54, 1.807) is 18.0 Å². The second kappa shape index (κ2) is 10.0. The summed E-state index contributed by atoms with van der Waals surface area (Å²) in [5, 5.41) is 4.10. The molecule has 0 radical (unpaired) electrons. The second-order valence-electron chi connectivity index (χ2n) is 7.83. The molecule has 2 aromatic rings. The number of fused-ring (bicyclic) bond motifs is 1. The van der Waals surface area contributed by atoms with Crippen LogP contribution in [-0.2, 0) is 0 Å². The van der Waals surface area contributed by atoms with E-state index in [4.69, 9.17) is 9.72 Å². The van der Waals surface area contributed by atoms with Gasteiger partial charge in [-0.3, -0.25) is 9.89 Å². The van der Waals surface area contributed by atoms with Gasteiger partial charge in [0.2, 0.25) is 0 Å². The first-order chi connectivity index (χ1) is 15.6. The van der Waals surface area contributed by atoms with Crippen LogP contribution in [0, 0.1) is 0 Å². The zero-order valence-electron chi connectivity index (χ0n) is 18.4. The van der Waals surface area contributed by atoms with E-state index in [9.17, 15) is 8.78 Å². The van der Waals surface area contributed by atoms with Gasteiger partial charge in [-0.1, -0.05) is 31.2 Å². The summed E-state index contributed by atoms with van der Waals surface area (Å²) in [5.41, 5.74) is 2.04. The molecule has 7 heteroatoms. The van der Waals surface area contributed by atoms with Crippen molar-refractivity contribution in [1.82, 2.24) is 15.2 Å². The maximum absolute atomic E-state index is 14.6. The summed E-state index contributed by atoms with van der Waals surface area (Å²) in [4.78, 5) is 10.9. The van der Waals surface area contributed by atoms with E-state index in [0.29, 0.717) is 48.7 Å². The Kier molecular flexibility index (Phi) is 6.95. The largest absolute Gasteiger partial charge is 0.485 e. The molecule has 1 aromatic carbocycles. The number of aromatic nitrogens is 1. The van der Waals surface area contributed by atoms with E-state index in [0.717, 1.165) is 17.5 Å². The lowest BCUT2D eigenvalue weighted by Crippen LogP contribution is -2.29. The number of para-hydroxylation sites is 1. The third-order valence-corrected chi connectivity index (χ3v) is 5.59. The van der Waals surface area contributed by atoms with Crippen LogP contribution in [0.1, 0.15) is 31.9 Å². The average Bonchev–Trinajstić information content (AvgIpc) is 3.00. The van der Waals surface area contributed by atoms with Crippen molar-refractivity contribution in [3.63, 3.8) is 0 Å². The molecule has 0 amide bonds. The fourth-order valence-corrected chi connectivity index (χ4v) is 4.00. The zero-order chi connectivity index (χ0) is 22.5. The maximum Gasteiger partial charge on any atom is 0.158 e. The summed E-state index contributed by atoms with van der Waals surface area (Å²) in [6.07, 6.45) is 6.82. The maximum atomic E-state index is 14.6. The summed E-state index contributed by atoms with van der Waals surface area (Å²) in [5.74, 6) is 0.696. The van der Waals surface area contributed by atoms with Gasteiger partial charge < -0.3 is 10.1 Å². The molecule has 0 saturated carbocycles. The molecule has 3 heterocycles.